The minimum Gasteiger partial charge on any atom is -0.332 e. The molecule has 90 valence electrons. The molecule has 2 aromatic rings. The van der Waals surface area contributed by atoms with E-state index >= 15 is 0 Å². The van der Waals surface area contributed by atoms with Crippen molar-refractivity contribution in [3.05, 3.63) is 46.8 Å². The molecule has 0 N–H and O–H groups in total. The standard InChI is InChI=1S/C10H8BrClN2O2S/c11-9-3-1-8(2-4-9)5-14-6-10(13-7-14)17(12,15)16/h1-4,6-7H,5H2. The first-order valence-electron chi connectivity index (χ1n) is 4.66. The third kappa shape index (κ3) is 3.31. The van der Waals surface area contributed by atoms with Crippen molar-refractivity contribution in [2.24, 2.45) is 0 Å². The quantitative estimate of drug-likeness (QED) is 0.810. The maximum absolute atomic E-state index is 11.0. The number of benzene rings is 1. The van der Waals surface area contributed by atoms with E-state index in [2.05, 4.69) is 20.9 Å². The Kier molecular flexibility index (Phi) is 3.56. The number of hydrogen-bond donors (Lipinski definition) is 0. The van der Waals surface area contributed by atoms with E-state index in [9.17, 15) is 8.42 Å². The first-order chi connectivity index (χ1) is 7.95. The van der Waals surface area contributed by atoms with E-state index in [1.807, 2.05) is 24.3 Å². The summed E-state index contributed by atoms with van der Waals surface area (Å²) in [6.07, 6.45) is 2.85. The molecule has 0 unspecified atom stereocenters. The molecule has 0 aliphatic heterocycles. The lowest BCUT2D eigenvalue weighted by Crippen LogP contribution is -1.96. The van der Waals surface area contributed by atoms with Crippen LogP contribution in [-0.4, -0.2) is 18.0 Å². The largest absolute Gasteiger partial charge is 0.332 e. The molecular formula is C10H8BrClN2O2S. The Balaban J connectivity index is 2.20. The van der Waals surface area contributed by atoms with Crippen LogP contribution in [0.4, 0.5) is 0 Å². The van der Waals surface area contributed by atoms with Crippen molar-refractivity contribution in [1.82, 2.24) is 9.55 Å². The molecule has 0 amide bonds. The highest BCUT2D eigenvalue weighted by Crippen LogP contribution is 2.14. The normalized spacial score (nSPS) is 11.6. The molecule has 7 heteroatoms. The van der Waals surface area contributed by atoms with Gasteiger partial charge in [0.1, 0.15) is 0 Å². The van der Waals surface area contributed by atoms with Gasteiger partial charge in [0.25, 0.3) is 9.05 Å². The van der Waals surface area contributed by atoms with E-state index in [1.165, 1.54) is 12.5 Å². The molecule has 0 aliphatic carbocycles. The molecule has 4 nitrogen and oxygen atoms in total. The first kappa shape index (κ1) is 12.6. The summed E-state index contributed by atoms with van der Waals surface area (Å²) < 4.78 is 24.7. The molecule has 2 rings (SSSR count). The van der Waals surface area contributed by atoms with Gasteiger partial charge in [-0.15, -0.1) is 0 Å². The summed E-state index contributed by atoms with van der Waals surface area (Å²) in [7, 11) is 1.44. The second kappa shape index (κ2) is 4.80. The zero-order valence-corrected chi connectivity index (χ0v) is 11.7. The van der Waals surface area contributed by atoms with Crippen molar-refractivity contribution in [2.45, 2.75) is 11.6 Å². The summed E-state index contributed by atoms with van der Waals surface area (Å²) >= 11 is 3.35. The lowest BCUT2D eigenvalue weighted by molar-refractivity contribution is 0.606. The molecule has 0 fully saturated rings. The van der Waals surface area contributed by atoms with Gasteiger partial charge in [0, 0.05) is 27.9 Å². The molecule has 0 aliphatic rings. The predicted molar refractivity (Wildman–Crippen MR) is 68.5 cm³/mol. The second-order valence-corrected chi connectivity index (χ2v) is 6.88. The maximum atomic E-state index is 11.0. The number of nitrogens with zero attached hydrogens (tertiary/aromatic N) is 2. The Morgan fingerprint density at radius 3 is 2.47 bits per heavy atom. The summed E-state index contributed by atoms with van der Waals surface area (Å²) in [5.74, 6) is 0. The minimum atomic E-state index is -3.75. The molecule has 0 spiro atoms. The van der Waals surface area contributed by atoms with Crippen molar-refractivity contribution in [1.29, 1.82) is 0 Å². The van der Waals surface area contributed by atoms with E-state index < -0.39 is 9.05 Å². The lowest BCUT2D eigenvalue weighted by atomic mass is 10.2. The van der Waals surface area contributed by atoms with Crippen LogP contribution in [-0.2, 0) is 15.6 Å². The summed E-state index contributed by atoms with van der Waals surface area (Å²) in [5, 5.41) is -0.128. The number of imidazole rings is 1. The number of halogens is 2. The van der Waals surface area contributed by atoms with E-state index in [0.29, 0.717) is 6.54 Å². The zero-order valence-electron chi connectivity index (χ0n) is 8.55. The van der Waals surface area contributed by atoms with Crippen molar-refractivity contribution in [3.8, 4) is 0 Å². The molecule has 1 aromatic carbocycles. The zero-order chi connectivity index (χ0) is 12.5. The van der Waals surface area contributed by atoms with Gasteiger partial charge in [-0.1, -0.05) is 28.1 Å². The van der Waals surface area contributed by atoms with Crippen LogP contribution in [0.2, 0.25) is 0 Å². The van der Waals surface area contributed by atoms with Crippen molar-refractivity contribution in [3.63, 3.8) is 0 Å². The lowest BCUT2D eigenvalue weighted by Gasteiger charge is -2.01. The van der Waals surface area contributed by atoms with E-state index in [0.717, 1.165) is 10.0 Å². The van der Waals surface area contributed by atoms with Gasteiger partial charge in [0.15, 0.2) is 5.03 Å². The first-order valence-corrected chi connectivity index (χ1v) is 7.76. The van der Waals surface area contributed by atoms with E-state index in [-0.39, 0.29) is 5.03 Å². The fourth-order valence-electron chi connectivity index (χ4n) is 1.35. The van der Waals surface area contributed by atoms with Gasteiger partial charge in [-0.25, -0.2) is 13.4 Å². The summed E-state index contributed by atoms with van der Waals surface area (Å²) in [4.78, 5) is 3.73. The number of aromatic nitrogens is 2. The van der Waals surface area contributed by atoms with Gasteiger partial charge in [-0.05, 0) is 17.7 Å². The monoisotopic (exact) mass is 334 g/mol. The Hall–Kier alpha value is -0.850. The highest BCUT2D eigenvalue weighted by molar-refractivity contribution is 9.10. The highest BCUT2D eigenvalue weighted by atomic mass is 79.9. The molecule has 1 aromatic heterocycles. The SMILES string of the molecule is O=S(=O)(Cl)c1cn(Cc2ccc(Br)cc2)cn1. The molecule has 1 heterocycles. The minimum absolute atomic E-state index is 0.128. The van der Waals surface area contributed by atoms with Crippen molar-refractivity contribution in [2.75, 3.05) is 0 Å². The molecule has 0 atom stereocenters. The van der Waals surface area contributed by atoms with Crippen LogP contribution < -0.4 is 0 Å². The van der Waals surface area contributed by atoms with Gasteiger partial charge < -0.3 is 4.57 Å². The van der Waals surface area contributed by atoms with Crippen LogP contribution in [0.1, 0.15) is 5.56 Å². The molecular weight excluding hydrogens is 328 g/mol. The second-order valence-electron chi connectivity index (χ2n) is 3.45. The maximum Gasteiger partial charge on any atom is 0.280 e. The van der Waals surface area contributed by atoms with Crippen LogP contribution in [0.25, 0.3) is 0 Å². The van der Waals surface area contributed by atoms with Gasteiger partial charge >= 0.3 is 0 Å². The average molecular weight is 336 g/mol. The summed E-state index contributed by atoms with van der Waals surface area (Å²) in [5.41, 5.74) is 1.05. The van der Waals surface area contributed by atoms with E-state index in [4.69, 9.17) is 10.7 Å². The molecule has 0 radical (unpaired) electrons. The average Bonchev–Trinajstić information content (AvgIpc) is 2.69. The number of hydrogen-bond acceptors (Lipinski definition) is 3. The Labute approximate surface area is 112 Å². The van der Waals surface area contributed by atoms with Gasteiger partial charge in [0.2, 0.25) is 0 Å². The Bertz CT molecular complexity index is 622. The highest BCUT2D eigenvalue weighted by Gasteiger charge is 2.13. The molecule has 0 bridgehead atoms. The van der Waals surface area contributed by atoms with E-state index in [1.54, 1.807) is 4.57 Å². The van der Waals surface area contributed by atoms with Crippen molar-refractivity contribution >= 4 is 35.7 Å². The molecule has 0 saturated carbocycles. The predicted octanol–water partition coefficient (Wildman–Crippen LogP) is 2.62. The van der Waals surface area contributed by atoms with Gasteiger partial charge in [0.05, 0.1) is 6.33 Å². The van der Waals surface area contributed by atoms with Crippen LogP contribution in [0.3, 0.4) is 0 Å². The van der Waals surface area contributed by atoms with Gasteiger partial charge in [-0.3, -0.25) is 0 Å². The summed E-state index contributed by atoms with van der Waals surface area (Å²) in [6, 6.07) is 7.73. The molecule has 0 saturated heterocycles. The van der Waals surface area contributed by atoms with Crippen LogP contribution in [0, 0.1) is 0 Å². The Morgan fingerprint density at radius 1 is 1.29 bits per heavy atom. The summed E-state index contributed by atoms with van der Waals surface area (Å²) in [6.45, 7) is 0.548. The van der Waals surface area contributed by atoms with Crippen LogP contribution in [0.15, 0.2) is 46.3 Å². The fraction of sp³-hybridized carbons (Fsp3) is 0.100. The third-order valence-electron chi connectivity index (χ3n) is 2.14. The van der Waals surface area contributed by atoms with Gasteiger partial charge in [-0.2, -0.15) is 0 Å². The third-order valence-corrected chi connectivity index (χ3v) is 3.85. The number of rotatable bonds is 3. The topological polar surface area (TPSA) is 52.0 Å². The smallest absolute Gasteiger partial charge is 0.280 e. The molecule has 17 heavy (non-hydrogen) atoms. The Morgan fingerprint density at radius 2 is 1.94 bits per heavy atom. The van der Waals surface area contributed by atoms with Crippen molar-refractivity contribution < 1.29 is 8.42 Å². The fourth-order valence-corrected chi connectivity index (χ4v) is 2.29. The van der Waals surface area contributed by atoms with Crippen LogP contribution >= 0.6 is 26.6 Å². The van der Waals surface area contributed by atoms with Crippen LogP contribution in [0.5, 0.6) is 0 Å².